The minimum absolute atomic E-state index is 0.838. The largest absolute Gasteiger partial charge is 0.175 e. The van der Waals surface area contributed by atoms with Crippen molar-refractivity contribution < 1.29 is 0 Å². The molecule has 1 aromatic heterocycles. The molecule has 0 spiro atoms. The Morgan fingerprint density at radius 3 is 3.09 bits per heavy atom. The Hall–Kier alpha value is 0.140. The van der Waals surface area contributed by atoms with Crippen LogP contribution in [0, 0.1) is 0 Å². The van der Waals surface area contributed by atoms with Crippen LogP contribution in [0.1, 0.15) is 0 Å². The molecule has 0 unspecified atom stereocenters. The van der Waals surface area contributed by atoms with Gasteiger partial charge in [0.05, 0.1) is 4.21 Å². The smallest absolute Gasteiger partial charge is 0.0601 e. The molecule has 0 aliphatic heterocycles. The highest BCUT2D eigenvalue weighted by atomic mass is 32.2. The fourth-order valence-electron chi connectivity index (χ4n) is 0.618. The van der Waals surface area contributed by atoms with E-state index >= 15 is 0 Å². The van der Waals surface area contributed by atoms with E-state index in [9.17, 15) is 0 Å². The molecule has 0 aliphatic rings. The van der Waals surface area contributed by atoms with Crippen LogP contribution in [0.3, 0.4) is 0 Å². The summed E-state index contributed by atoms with van der Waals surface area (Å²) in [4.78, 5) is 0. The second-order valence-electron chi connectivity index (χ2n) is 1.90. The van der Waals surface area contributed by atoms with Crippen molar-refractivity contribution in [3.05, 3.63) is 29.7 Å². The lowest BCUT2D eigenvalue weighted by Crippen LogP contribution is -1.68. The van der Waals surface area contributed by atoms with E-state index in [1.807, 2.05) is 11.8 Å². The van der Waals surface area contributed by atoms with Gasteiger partial charge in [-0.05, 0) is 11.4 Å². The van der Waals surface area contributed by atoms with Gasteiger partial charge in [-0.2, -0.15) is 12.6 Å². The standard InChI is InChI=1S/C8H10S3/c9-5-1-2-6-10-8-4-3-7-11-8/h1-4,7,9H,5-6H2. The van der Waals surface area contributed by atoms with Crippen LogP contribution in [0.25, 0.3) is 0 Å². The van der Waals surface area contributed by atoms with Crippen molar-refractivity contribution >= 4 is 35.7 Å². The fraction of sp³-hybridized carbons (Fsp3) is 0.250. The molecule has 0 atom stereocenters. The van der Waals surface area contributed by atoms with Crippen LogP contribution in [-0.4, -0.2) is 11.5 Å². The van der Waals surface area contributed by atoms with E-state index in [2.05, 4.69) is 42.3 Å². The molecule has 0 aliphatic carbocycles. The molecule has 11 heavy (non-hydrogen) atoms. The Morgan fingerprint density at radius 1 is 1.55 bits per heavy atom. The second kappa shape index (κ2) is 5.75. The third-order valence-corrected chi connectivity index (χ3v) is 3.38. The summed E-state index contributed by atoms with van der Waals surface area (Å²) in [5.74, 6) is 1.89. The molecule has 0 bridgehead atoms. The van der Waals surface area contributed by atoms with Gasteiger partial charge >= 0.3 is 0 Å². The Bertz CT molecular complexity index is 201. The molecule has 0 aromatic carbocycles. The fourth-order valence-corrected chi connectivity index (χ4v) is 2.43. The summed E-state index contributed by atoms with van der Waals surface area (Å²) in [7, 11) is 0. The first-order valence-electron chi connectivity index (χ1n) is 3.35. The quantitative estimate of drug-likeness (QED) is 0.444. The van der Waals surface area contributed by atoms with Gasteiger partial charge in [-0.25, -0.2) is 0 Å². The molecule has 0 amide bonds. The highest BCUT2D eigenvalue weighted by Crippen LogP contribution is 2.22. The van der Waals surface area contributed by atoms with E-state index < -0.39 is 0 Å². The van der Waals surface area contributed by atoms with Gasteiger partial charge in [0.2, 0.25) is 0 Å². The van der Waals surface area contributed by atoms with Crippen LogP contribution < -0.4 is 0 Å². The molecular weight excluding hydrogens is 192 g/mol. The van der Waals surface area contributed by atoms with Crippen molar-refractivity contribution in [2.45, 2.75) is 4.21 Å². The van der Waals surface area contributed by atoms with E-state index in [0.717, 1.165) is 11.5 Å². The monoisotopic (exact) mass is 202 g/mol. The van der Waals surface area contributed by atoms with Gasteiger partial charge in [-0.3, -0.25) is 0 Å². The van der Waals surface area contributed by atoms with Gasteiger partial charge in [0.25, 0.3) is 0 Å². The van der Waals surface area contributed by atoms with Gasteiger partial charge in [-0.1, -0.05) is 18.2 Å². The van der Waals surface area contributed by atoms with Crippen LogP contribution in [0.5, 0.6) is 0 Å². The maximum Gasteiger partial charge on any atom is 0.0601 e. The highest BCUT2D eigenvalue weighted by molar-refractivity contribution is 8.01. The summed E-state index contributed by atoms with van der Waals surface area (Å²) < 4.78 is 1.38. The van der Waals surface area contributed by atoms with Crippen LogP contribution in [0.4, 0.5) is 0 Å². The third kappa shape index (κ3) is 3.89. The van der Waals surface area contributed by atoms with Gasteiger partial charge in [0.15, 0.2) is 0 Å². The first-order chi connectivity index (χ1) is 5.43. The summed E-state index contributed by atoms with van der Waals surface area (Å²) in [6, 6.07) is 4.22. The van der Waals surface area contributed by atoms with Crippen LogP contribution in [0.2, 0.25) is 0 Å². The summed E-state index contributed by atoms with van der Waals surface area (Å²) in [5.41, 5.74) is 0. The van der Waals surface area contributed by atoms with E-state index in [1.165, 1.54) is 4.21 Å². The van der Waals surface area contributed by atoms with Crippen molar-refractivity contribution in [1.29, 1.82) is 0 Å². The van der Waals surface area contributed by atoms with Crippen molar-refractivity contribution in [3.8, 4) is 0 Å². The third-order valence-electron chi connectivity index (χ3n) is 1.09. The number of thioether (sulfide) groups is 1. The Morgan fingerprint density at radius 2 is 2.45 bits per heavy atom. The lowest BCUT2D eigenvalue weighted by molar-refractivity contribution is 1.65. The molecule has 1 rings (SSSR count). The summed E-state index contributed by atoms with van der Waals surface area (Å²) in [6.45, 7) is 0. The molecule has 0 fully saturated rings. The van der Waals surface area contributed by atoms with Gasteiger partial charge < -0.3 is 0 Å². The van der Waals surface area contributed by atoms with Crippen molar-refractivity contribution in [1.82, 2.24) is 0 Å². The Balaban J connectivity index is 2.19. The average molecular weight is 202 g/mol. The molecule has 0 saturated carbocycles. The lowest BCUT2D eigenvalue weighted by Gasteiger charge is -1.89. The molecule has 0 saturated heterocycles. The van der Waals surface area contributed by atoms with E-state index in [1.54, 1.807) is 11.3 Å². The zero-order chi connectivity index (χ0) is 7.94. The summed E-state index contributed by atoms with van der Waals surface area (Å²) >= 11 is 7.73. The normalized spacial score (nSPS) is 11.0. The molecule has 60 valence electrons. The first-order valence-corrected chi connectivity index (χ1v) is 5.85. The second-order valence-corrected chi connectivity index (χ2v) is 4.53. The SMILES string of the molecule is SCC=CCSc1cccs1. The van der Waals surface area contributed by atoms with Gasteiger partial charge in [0, 0.05) is 11.5 Å². The minimum atomic E-state index is 0.838. The number of rotatable bonds is 4. The van der Waals surface area contributed by atoms with Crippen LogP contribution in [-0.2, 0) is 0 Å². The molecular formula is C8H10S3. The zero-order valence-corrected chi connectivity index (χ0v) is 8.59. The lowest BCUT2D eigenvalue weighted by atomic mass is 10.6. The predicted octanol–water partition coefficient (Wildman–Crippen LogP) is 3.33. The number of hydrogen-bond donors (Lipinski definition) is 1. The number of thiol groups is 1. The van der Waals surface area contributed by atoms with E-state index in [4.69, 9.17) is 0 Å². The Labute approximate surface area is 81.1 Å². The minimum Gasteiger partial charge on any atom is -0.175 e. The summed E-state index contributed by atoms with van der Waals surface area (Å²) in [5, 5.41) is 2.10. The van der Waals surface area contributed by atoms with Gasteiger partial charge in [-0.15, -0.1) is 23.1 Å². The van der Waals surface area contributed by atoms with E-state index in [0.29, 0.717) is 0 Å². The molecule has 3 heteroatoms. The molecule has 1 aromatic rings. The van der Waals surface area contributed by atoms with Gasteiger partial charge in [0.1, 0.15) is 0 Å². The molecule has 1 heterocycles. The highest BCUT2D eigenvalue weighted by Gasteiger charge is 1.89. The topological polar surface area (TPSA) is 0 Å². The maximum atomic E-state index is 4.08. The number of hydrogen-bond acceptors (Lipinski definition) is 3. The molecule has 0 radical (unpaired) electrons. The van der Waals surface area contributed by atoms with Crippen LogP contribution in [0.15, 0.2) is 33.9 Å². The van der Waals surface area contributed by atoms with Crippen LogP contribution >= 0.6 is 35.7 Å². The first kappa shape index (κ1) is 9.23. The molecule has 0 nitrogen and oxygen atoms in total. The molecule has 0 N–H and O–H groups in total. The van der Waals surface area contributed by atoms with Crippen molar-refractivity contribution in [2.24, 2.45) is 0 Å². The summed E-state index contributed by atoms with van der Waals surface area (Å²) in [6.07, 6.45) is 4.22. The number of thiophene rings is 1. The van der Waals surface area contributed by atoms with Crippen molar-refractivity contribution in [2.75, 3.05) is 11.5 Å². The van der Waals surface area contributed by atoms with E-state index in [-0.39, 0.29) is 0 Å². The Kier molecular flexibility index (Phi) is 4.82. The predicted molar refractivity (Wildman–Crippen MR) is 58.0 cm³/mol. The zero-order valence-electron chi connectivity index (χ0n) is 6.06. The average Bonchev–Trinajstić information content (AvgIpc) is 2.50. The maximum absolute atomic E-state index is 4.08. The van der Waals surface area contributed by atoms with Crippen molar-refractivity contribution in [3.63, 3.8) is 0 Å².